The number of likely N-dealkylation sites (tertiary alicyclic amines) is 1. The quantitative estimate of drug-likeness (QED) is 0.223. The molecule has 1 atom stereocenters. The van der Waals surface area contributed by atoms with Crippen LogP contribution in [0, 0.1) is 11.7 Å². The lowest BCUT2D eigenvalue weighted by Crippen LogP contribution is -2.43. The Kier molecular flexibility index (Phi) is 12.1. The SMILES string of the molecule is CC(Nc1ncnc2c1cc(N1CCS(=O)(=O)CC1)c(=O)n2CCCOCCCC1OCCO1)c1cccc(C(F)(F)C2CCN(C(=O)O)CC2)c1F. The van der Waals surface area contributed by atoms with E-state index in [9.17, 15) is 23.1 Å². The summed E-state index contributed by atoms with van der Waals surface area (Å²) in [6, 6.07) is 4.56. The summed E-state index contributed by atoms with van der Waals surface area (Å²) in [4.78, 5) is 36.8. The van der Waals surface area contributed by atoms with Gasteiger partial charge in [-0.05, 0) is 38.7 Å². The van der Waals surface area contributed by atoms with E-state index in [1.807, 2.05) is 0 Å². The first-order valence-electron chi connectivity index (χ1n) is 17.9. The summed E-state index contributed by atoms with van der Waals surface area (Å²) >= 11 is 0. The van der Waals surface area contributed by atoms with Crippen LogP contribution < -0.4 is 15.8 Å². The van der Waals surface area contributed by atoms with E-state index in [2.05, 4.69) is 15.3 Å². The topological polar surface area (TPSA) is 165 Å². The largest absolute Gasteiger partial charge is 0.465 e. The van der Waals surface area contributed by atoms with Gasteiger partial charge in [-0.1, -0.05) is 18.2 Å². The minimum Gasteiger partial charge on any atom is -0.465 e. The van der Waals surface area contributed by atoms with Crippen molar-refractivity contribution in [3.8, 4) is 0 Å². The van der Waals surface area contributed by atoms with E-state index in [-0.39, 0.29) is 91.6 Å². The van der Waals surface area contributed by atoms with E-state index in [0.717, 1.165) is 17.4 Å². The number of rotatable bonds is 14. The number of carboxylic acid groups (broad SMARTS) is 1. The molecule has 3 fully saturated rings. The van der Waals surface area contributed by atoms with Gasteiger partial charge in [-0.15, -0.1) is 0 Å². The maximum absolute atomic E-state index is 16.0. The fourth-order valence-corrected chi connectivity index (χ4v) is 8.30. The number of hydrogen-bond acceptors (Lipinski definition) is 11. The smallest absolute Gasteiger partial charge is 0.407 e. The number of nitrogens with one attached hydrogen (secondary N) is 1. The number of ether oxygens (including phenoxy) is 3. The lowest BCUT2D eigenvalue weighted by molar-refractivity contribution is -0.0861. The van der Waals surface area contributed by atoms with Gasteiger partial charge in [-0.3, -0.25) is 9.36 Å². The molecule has 6 rings (SSSR count). The molecule has 290 valence electrons. The third-order valence-corrected chi connectivity index (χ3v) is 11.7. The maximum Gasteiger partial charge on any atom is 0.407 e. The number of fused-ring (bicyclic) bond motifs is 1. The average Bonchev–Trinajstić information content (AvgIpc) is 3.66. The van der Waals surface area contributed by atoms with Crippen LogP contribution in [0.3, 0.4) is 0 Å². The first-order chi connectivity index (χ1) is 25.4. The number of hydrogen-bond donors (Lipinski definition) is 2. The zero-order valence-corrected chi connectivity index (χ0v) is 30.3. The summed E-state index contributed by atoms with van der Waals surface area (Å²) in [7, 11) is -3.24. The van der Waals surface area contributed by atoms with Crippen LogP contribution in [0.5, 0.6) is 0 Å². The fourth-order valence-electron chi connectivity index (χ4n) is 7.10. The molecule has 0 radical (unpaired) electrons. The van der Waals surface area contributed by atoms with Gasteiger partial charge in [0.15, 0.2) is 16.1 Å². The van der Waals surface area contributed by atoms with Gasteiger partial charge in [0, 0.05) is 63.8 Å². The van der Waals surface area contributed by atoms with Gasteiger partial charge in [0.05, 0.1) is 41.7 Å². The van der Waals surface area contributed by atoms with E-state index in [0.29, 0.717) is 44.7 Å². The molecular formula is C35H45F3N6O8S. The molecule has 0 saturated carbocycles. The van der Waals surface area contributed by atoms with Gasteiger partial charge in [0.1, 0.15) is 29.3 Å². The maximum atomic E-state index is 16.0. The van der Waals surface area contributed by atoms with E-state index >= 15 is 13.2 Å². The summed E-state index contributed by atoms with van der Waals surface area (Å²) in [5.41, 5.74) is -0.604. The zero-order valence-electron chi connectivity index (χ0n) is 29.5. The molecule has 53 heavy (non-hydrogen) atoms. The number of anilines is 2. The highest BCUT2D eigenvalue weighted by Crippen LogP contribution is 2.43. The highest BCUT2D eigenvalue weighted by molar-refractivity contribution is 7.91. The van der Waals surface area contributed by atoms with Crippen molar-refractivity contribution >= 4 is 38.5 Å². The molecule has 3 aliphatic heterocycles. The van der Waals surface area contributed by atoms with Gasteiger partial charge in [0.2, 0.25) is 0 Å². The van der Waals surface area contributed by atoms with Crippen molar-refractivity contribution in [3.05, 3.63) is 57.9 Å². The molecule has 2 N–H and O–H groups in total. The molecule has 2 aromatic heterocycles. The molecule has 5 heterocycles. The van der Waals surface area contributed by atoms with Crippen LogP contribution in [0.2, 0.25) is 0 Å². The normalized spacial score (nSPS) is 19.2. The molecule has 3 aliphatic rings. The van der Waals surface area contributed by atoms with E-state index < -0.39 is 45.2 Å². The highest BCUT2D eigenvalue weighted by Gasteiger charge is 2.45. The Morgan fingerprint density at radius 2 is 1.79 bits per heavy atom. The predicted molar refractivity (Wildman–Crippen MR) is 190 cm³/mol. The van der Waals surface area contributed by atoms with Crippen LogP contribution in [-0.2, 0) is 36.5 Å². The van der Waals surface area contributed by atoms with Crippen molar-refractivity contribution in [1.82, 2.24) is 19.4 Å². The summed E-state index contributed by atoms with van der Waals surface area (Å²) in [6.45, 7) is 3.97. The van der Waals surface area contributed by atoms with E-state index in [1.54, 1.807) is 17.9 Å². The Morgan fingerprint density at radius 3 is 2.49 bits per heavy atom. The molecule has 0 bridgehead atoms. The summed E-state index contributed by atoms with van der Waals surface area (Å²) in [6.07, 6.45) is 1.59. The van der Waals surface area contributed by atoms with Crippen LogP contribution >= 0.6 is 0 Å². The first-order valence-corrected chi connectivity index (χ1v) is 19.7. The molecule has 14 nitrogen and oxygen atoms in total. The second kappa shape index (κ2) is 16.6. The number of aromatic nitrogens is 3. The Morgan fingerprint density at radius 1 is 1.09 bits per heavy atom. The number of halogens is 3. The monoisotopic (exact) mass is 766 g/mol. The summed E-state index contributed by atoms with van der Waals surface area (Å²) < 4.78 is 90.1. The van der Waals surface area contributed by atoms with Crippen LogP contribution in [-0.4, -0.2) is 109 Å². The van der Waals surface area contributed by atoms with Crippen molar-refractivity contribution in [1.29, 1.82) is 0 Å². The molecule has 3 saturated heterocycles. The van der Waals surface area contributed by atoms with Crippen LogP contribution in [0.15, 0.2) is 35.4 Å². The number of pyridine rings is 1. The van der Waals surface area contributed by atoms with Gasteiger partial charge in [0.25, 0.3) is 11.5 Å². The van der Waals surface area contributed by atoms with Gasteiger partial charge in [-0.25, -0.2) is 36.4 Å². The van der Waals surface area contributed by atoms with Crippen LogP contribution in [0.1, 0.15) is 56.2 Å². The molecule has 0 spiro atoms. The van der Waals surface area contributed by atoms with Crippen LogP contribution in [0.4, 0.5) is 29.5 Å². The molecule has 18 heteroatoms. The van der Waals surface area contributed by atoms with E-state index in [4.69, 9.17) is 14.2 Å². The fraction of sp³-hybridized carbons (Fsp3) is 0.600. The third-order valence-electron chi connectivity index (χ3n) is 10.1. The standard InChI is InChI=1S/C35H45F3N6O8S/c1-23(25-5-2-6-27(30(25)36)35(37,38)24-8-11-43(12-9-24)34(46)47)41-31-26-21-28(42-13-19-53(48,49)20-14-42)33(45)44(32(26)40-22-39-31)10-4-16-50-15-3-7-29-51-17-18-52-29/h2,5-6,21-24,29H,3-4,7-20H2,1H3,(H,46,47)(H,39,40,41). The Labute approximate surface area is 305 Å². The lowest BCUT2D eigenvalue weighted by Gasteiger charge is -2.35. The van der Waals surface area contributed by atoms with Gasteiger partial charge < -0.3 is 34.4 Å². The second-order valence-electron chi connectivity index (χ2n) is 13.6. The average molecular weight is 767 g/mol. The van der Waals surface area contributed by atoms with Gasteiger partial charge >= 0.3 is 6.09 Å². The zero-order chi connectivity index (χ0) is 37.8. The molecular weight excluding hydrogens is 721 g/mol. The summed E-state index contributed by atoms with van der Waals surface area (Å²) in [5.74, 6) is -5.84. The van der Waals surface area contributed by atoms with E-state index in [1.165, 1.54) is 23.0 Å². The lowest BCUT2D eigenvalue weighted by atomic mass is 9.85. The Hall–Kier alpha value is -4.00. The number of aryl methyl sites for hydroxylation is 1. The Bertz CT molecular complexity index is 1920. The van der Waals surface area contributed by atoms with Gasteiger partial charge in [-0.2, -0.15) is 0 Å². The molecule has 1 aromatic carbocycles. The number of nitrogens with zero attached hydrogens (tertiary/aromatic N) is 5. The number of sulfone groups is 1. The predicted octanol–water partition coefficient (Wildman–Crippen LogP) is 4.38. The number of piperidine rings is 1. The second-order valence-corrected chi connectivity index (χ2v) is 15.9. The van der Waals surface area contributed by atoms with Crippen molar-refractivity contribution in [2.45, 2.75) is 63.8 Å². The minimum atomic E-state index is -3.54. The molecule has 3 aromatic rings. The summed E-state index contributed by atoms with van der Waals surface area (Å²) in [5, 5.41) is 12.8. The third kappa shape index (κ3) is 8.87. The molecule has 1 unspecified atom stereocenters. The Balaban J connectivity index is 1.23. The molecule has 1 amide bonds. The first kappa shape index (κ1) is 38.7. The number of benzene rings is 1. The molecule has 0 aliphatic carbocycles. The number of amides is 1. The van der Waals surface area contributed by atoms with Crippen LogP contribution in [0.25, 0.3) is 11.0 Å². The van der Waals surface area contributed by atoms with Crippen molar-refractivity contribution in [2.75, 3.05) is 74.3 Å². The highest BCUT2D eigenvalue weighted by atomic mass is 32.2. The number of alkyl halides is 2. The van der Waals surface area contributed by atoms with Crippen molar-refractivity contribution < 1.29 is 45.7 Å². The van der Waals surface area contributed by atoms with Crippen molar-refractivity contribution in [3.63, 3.8) is 0 Å². The number of carbonyl (C=O) groups is 1. The minimum absolute atomic E-state index is 0.0325. The van der Waals surface area contributed by atoms with Crippen molar-refractivity contribution in [2.24, 2.45) is 5.92 Å².